The molecule has 6 nitrogen and oxygen atoms in total. The van der Waals surface area contributed by atoms with Gasteiger partial charge in [0, 0.05) is 12.1 Å². The number of hydrogen-bond acceptors (Lipinski definition) is 4. The molecular weight excluding hydrogens is 224 g/mol. The first-order chi connectivity index (χ1) is 6.59. The third-order valence-corrected chi connectivity index (χ3v) is 1.53. The van der Waals surface area contributed by atoms with E-state index in [1.807, 2.05) is 0 Å². The molecule has 0 saturated heterocycles. The molecule has 0 unspecified atom stereocenters. The van der Waals surface area contributed by atoms with E-state index in [4.69, 9.17) is 5.73 Å². The van der Waals surface area contributed by atoms with Crippen molar-refractivity contribution in [1.82, 2.24) is 0 Å². The van der Waals surface area contributed by atoms with Crippen molar-refractivity contribution in [3.63, 3.8) is 0 Å². The lowest BCUT2D eigenvalue weighted by atomic mass is 10.2. The van der Waals surface area contributed by atoms with E-state index in [0.29, 0.717) is 5.56 Å². The van der Waals surface area contributed by atoms with Gasteiger partial charge in [0.2, 0.25) is 0 Å². The number of benzene rings is 1. The average Bonchev–Trinajstić information content (AvgIpc) is 2.15. The van der Waals surface area contributed by atoms with Crippen LogP contribution >= 0.6 is 12.4 Å². The smallest absolute Gasteiger partial charge is 0.404 e. The summed E-state index contributed by atoms with van der Waals surface area (Å²) in [6.45, 7) is 0.0212. The second-order valence-corrected chi connectivity index (χ2v) is 2.53. The van der Waals surface area contributed by atoms with Gasteiger partial charge in [-0.1, -0.05) is 0 Å². The fourth-order valence-electron chi connectivity index (χ4n) is 0.868. The minimum absolute atomic E-state index is 0. The summed E-state index contributed by atoms with van der Waals surface area (Å²) in [6.07, 6.45) is -0.872. The standard InChI is InChI=1S/C8H8N2O4.ClH/c9-8(11)14-5-6-1-3-7(4-2-6)10(12)13;/h1-4H,5H2,(H2,9,11);1H. The molecule has 0 bridgehead atoms. The maximum absolute atomic E-state index is 10.3. The molecule has 1 aromatic rings. The normalized spacial score (nSPS) is 8.80. The molecule has 0 fully saturated rings. The van der Waals surface area contributed by atoms with Gasteiger partial charge in [0.1, 0.15) is 6.61 Å². The van der Waals surface area contributed by atoms with E-state index in [1.165, 1.54) is 24.3 Å². The maximum atomic E-state index is 10.3. The third-order valence-electron chi connectivity index (χ3n) is 1.53. The van der Waals surface area contributed by atoms with Gasteiger partial charge in [-0.3, -0.25) is 10.1 Å². The Kier molecular flexibility index (Phi) is 5.11. The number of nitro benzene ring substituents is 1. The van der Waals surface area contributed by atoms with Gasteiger partial charge in [-0.25, -0.2) is 4.79 Å². The highest BCUT2D eigenvalue weighted by Crippen LogP contribution is 2.12. The van der Waals surface area contributed by atoms with Crippen LogP contribution in [0.15, 0.2) is 24.3 Å². The van der Waals surface area contributed by atoms with Crippen molar-refractivity contribution >= 4 is 24.2 Å². The Bertz CT molecular complexity index is 352. The van der Waals surface area contributed by atoms with Gasteiger partial charge in [0.15, 0.2) is 0 Å². The molecule has 82 valence electrons. The van der Waals surface area contributed by atoms with E-state index < -0.39 is 11.0 Å². The van der Waals surface area contributed by atoms with Crippen LogP contribution in [0.25, 0.3) is 0 Å². The lowest BCUT2D eigenvalue weighted by Crippen LogP contribution is -2.12. The van der Waals surface area contributed by atoms with Crippen molar-refractivity contribution in [2.45, 2.75) is 6.61 Å². The fraction of sp³-hybridized carbons (Fsp3) is 0.125. The lowest BCUT2D eigenvalue weighted by Gasteiger charge is -2.00. The molecule has 0 aromatic heterocycles. The summed E-state index contributed by atoms with van der Waals surface area (Å²) < 4.78 is 4.50. The molecule has 0 saturated carbocycles. The predicted octanol–water partition coefficient (Wildman–Crippen LogP) is 1.61. The summed E-state index contributed by atoms with van der Waals surface area (Å²) in [5.41, 5.74) is 5.39. The molecule has 0 aliphatic carbocycles. The molecule has 0 heterocycles. The van der Waals surface area contributed by atoms with E-state index in [-0.39, 0.29) is 24.7 Å². The largest absolute Gasteiger partial charge is 0.445 e. The topological polar surface area (TPSA) is 95.5 Å². The Morgan fingerprint density at radius 2 is 1.93 bits per heavy atom. The Morgan fingerprint density at radius 1 is 1.40 bits per heavy atom. The first-order valence-electron chi connectivity index (χ1n) is 3.75. The molecular formula is C8H9ClN2O4. The highest BCUT2D eigenvalue weighted by Gasteiger charge is 2.04. The minimum atomic E-state index is -0.872. The van der Waals surface area contributed by atoms with Crippen molar-refractivity contribution in [2.24, 2.45) is 5.73 Å². The number of hydrogen-bond donors (Lipinski definition) is 1. The summed E-state index contributed by atoms with van der Waals surface area (Å²) in [5, 5.41) is 10.3. The second-order valence-electron chi connectivity index (χ2n) is 2.53. The molecule has 1 aromatic carbocycles. The molecule has 15 heavy (non-hydrogen) atoms. The number of nitrogens with two attached hydrogens (primary N) is 1. The van der Waals surface area contributed by atoms with E-state index in [9.17, 15) is 14.9 Å². The number of non-ortho nitro benzene ring substituents is 1. The number of rotatable bonds is 3. The molecule has 0 atom stereocenters. The Hall–Kier alpha value is -1.82. The molecule has 0 aliphatic rings. The Balaban J connectivity index is 0.00000196. The number of nitrogens with zero attached hydrogens (tertiary/aromatic N) is 1. The van der Waals surface area contributed by atoms with Gasteiger partial charge in [0.05, 0.1) is 4.92 Å². The molecule has 1 amide bonds. The van der Waals surface area contributed by atoms with Crippen molar-refractivity contribution in [3.8, 4) is 0 Å². The number of nitro groups is 1. The van der Waals surface area contributed by atoms with E-state index >= 15 is 0 Å². The summed E-state index contributed by atoms with van der Waals surface area (Å²) in [4.78, 5) is 20.0. The van der Waals surface area contributed by atoms with Crippen LogP contribution in [0.3, 0.4) is 0 Å². The number of ether oxygens (including phenoxy) is 1. The molecule has 7 heteroatoms. The zero-order chi connectivity index (χ0) is 10.6. The molecule has 2 N–H and O–H groups in total. The van der Waals surface area contributed by atoms with E-state index in [2.05, 4.69) is 4.74 Å². The van der Waals surface area contributed by atoms with Gasteiger partial charge in [-0.2, -0.15) is 0 Å². The summed E-state index contributed by atoms with van der Waals surface area (Å²) in [5.74, 6) is 0. The van der Waals surface area contributed by atoms with Crippen LogP contribution < -0.4 is 5.73 Å². The first kappa shape index (κ1) is 13.2. The second kappa shape index (κ2) is 5.82. The third kappa shape index (κ3) is 4.28. The fourth-order valence-corrected chi connectivity index (χ4v) is 0.868. The maximum Gasteiger partial charge on any atom is 0.404 e. The first-order valence-corrected chi connectivity index (χ1v) is 3.75. The van der Waals surface area contributed by atoms with Gasteiger partial charge < -0.3 is 10.5 Å². The predicted molar refractivity (Wildman–Crippen MR) is 54.7 cm³/mol. The monoisotopic (exact) mass is 232 g/mol. The van der Waals surface area contributed by atoms with Crippen LogP contribution in [-0.4, -0.2) is 11.0 Å². The average molecular weight is 233 g/mol. The molecule has 0 radical (unpaired) electrons. The van der Waals surface area contributed by atoms with Crippen LogP contribution in [0.2, 0.25) is 0 Å². The number of amides is 1. The molecule has 0 aliphatic heterocycles. The van der Waals surface area contributed by atoms with Crippen LogP contribution in [-0.2, 0) is 11.3 Å². The van der Waals surface area contributed by atoms with Crippen LogP contribution in [0.5, 0.6) is 0 Å². The minimum Gasteiger partial charge on any atom is -0.445 e. The summed E-state index contributed by atoms with van der Waals surface area (Å²) in [6, 6.07) is 5.67. The highest BCUT2D eigenvalue weighted by atomic mass is 35.5. The van der Waals surface area contributed by atoms with Gasteiger partial charge in [-0.05, 0) is 17.7 Å². The number of carbonyl (C=O) groups is 1. The zero-order valence-corrected chi connectivity index (χ0v) is 8.40. The van der Waals surface area contributed by atoms with Crippen molar-refractivity contribution < 1.29 is 14.5 Å². The van der Waals surface area contributed by atoms with Crippen LogP contribution in [0, 0.1) is 10.1 Å². The quantitative estimate of drug-likeness (QED) is 0.633. The number of halogens is 1. The van der Waals surface area contributed by atoms with Gasteiger partial charge in [-0.15, -0.1) is 12.4 Å². The zero-order valence-electron chi connectivity index (χ0n) is 7.58. The Morgan fingerprint density at radius 3 is 2.33 bits per heavy atom. The summed E-state index contributed by atoms with van der Waals surface area (Å²) >= 11 is 0. The van der Waals surface area contributed by atoms with E-state index in [0.717, 1.165) is 0 Å². The van der Waals surface area contributed by atoms with E-state index in [1.54, 1.807) is 0 Å². The molecule has 0 spiro atoms. The van der Waals surface area contributed by atoms with Gasteiger partial charge in [0.25, 0.3) is 5.69 Å². The van der Waals surface area contributed by atoms with Crippen LogP contribution in [0.4, 0.5) is 10.5 Å². The lowest BCUT2D eigenvalue weighted by molar-refractivity contribution is -0.384. The number of primary amides is 1. The van der Waals surface area contributed by atoms with Crippen molar-refractivity contribution in [3.05, 3.63) is 39.9 Å². The highest BCUT2D eigenvalue weighted by molar-refractivity contribution is 5.85. The number of carbonyl (C=O) groups excluding carboxylic acids is 1. The van der Waals surface area contributed by atoms with Crippen molar-refractivity contribution in [2.75, 3.05) is 0 Å². The van der Waals surface area contributed by atoms with Crippen molar-refractivity contribution in [1.29, 1.82) is 0 Å². The molecule has 1 rings (SSSR count). The van der Waals surface area contributed by atoms with Gasteiger partial charge >= 0.3 is 6.09 Å². The Labute approximate surface area is 91.6 Å². The van der Waals surface area contributed by atoms with Crippen LogP contribution in [0.1, 0.15) is 5.56 Å². The summed E-state index contributed by atoms with van der Waals surface area (Å²) in [7, 11) is 0. The SMILES string of the molecule is Cl.NC(=O)OCc1ccc([N+](=O)[O-])cc1.